The molecule has 1 rings (SSSR count). The molecule has 0 saturated heterocycles. The zero-order valence-corrected chi connectivity index (χ0v) is 5.17. The topological polar surface area (TPSA) is 46.5 Å². The predicted molar refractivity (Wildman–Crippen MR) is 26.9 cm³/mol. The summed E-state index contributed by atoms with van der Waals surface area (Å²) >= 11 is 0. The molecule has 5 heteroatoms. The molecule has 10 heavy (non-hydrogen) atoms. The quantitative estimate of drug-likeness (QED) is 0.621. The van der Waals surface area contributed by atoms with Crippen LogP contribution in [0.1, 0.15) is 0 Å². The van der Waals surface area contributed by atoms with Crippen LogP contribution >= 0.6 is 0 Å². The Morgan fingerprint density at radius 2 is 2.20 bits per heavy atom. The Balaban J connectivity index is 2.61. The number of hydrogen-bond donors (Lipinski definition) is 1. The van der Waals surface area contributed by atoms with Gasteiger partial charge in [-0.2, -0.15) is 0 Å². The second-order valence-electron chi connectivity index (χ2n) is 2.15. The van der Waals surface area contributed by atoms with Gasteiger partial charge in [-0.15, -0.1) is 0 Å². The second-order valence-corrected chi connectivity index (χ2v) is 2.15. The van der Waals surface area contributed by atoms with Gasteiger partial charge in [-0.3, -0.25) is 4.79 Å². The highest BCUT2D eigenvalue weighted by Gasteiger charge is 2.73. The van der Waals surface area contributed by atoms with Crippen LogP contribution < -0.4 is 0 Å². The van der Waals surface area contributed by atoms with Crippen molar-refractivity contribution >= 4 is 5.97 Å². The predicted octanol–water partition coefficient (Wildman–Crippen LogP) is 0.351. The average molecular weight is 152 g/mol. The van der Waals surface area contributed by atoms with Crippen molar-refractivity contribution in [1.82, 2.24) is 0 Å². The van der Waals surface area contributed by atoms with Crippen molar-refractivity contribution in [2.75, 3.05) is 7.11 Å². The Labute approximate surface area is 55.6 Å². The van der Waals surface area contributed by atoms with Gasteiger partial charge in [-0.1, -0.05) is 0 Å². The molecule has 1 fully saturated rings. The molecule has 1 aliphatic rings. The van der Waals surface area contributed by atoms with Crippen LogP contribution in [0.5, 0.6) is 0 Å². The van der Waals surface area contributed by atoms with Crippen molar-refractivity contribution in [3.8, 4) is 0 Å². The summed E-state index contributed by atoms with van der Waals surface area (Å²) in [5.74, 6) is -6.31. The number of alkyl halides is 2. The Bertz CT molecular complexity index is 168. The molecule has 2 atom stereocenters. The van der Waals surface area contributed by atoms with E-state index < -0.39 is 23.9 Å². The van der Waals surface area contributed by atoms with Gasteiger partial charge in [0.25, 0.3) is 5.92 Å². The third kappa shape index (κ3) is 0.775. The van der Waals surface area contributed by atoms with E-state index in [1.54, 1.807) is 0 Å². The summed E-state index contributed by atoms with van der Waals surface area (Å²) in [6.07, 6.45) is -1.43. The van der Waals surface area contributed by atoms with Gasteiger partial charge in [0, 0.05) is 7.11 Å². The van der Waals surface area contributed by atoms with E-state index in [1.165, 1.54) is 0 Å². The Morgan fingerprint density at radius 3 is 2.30 bits per heavy atom. The molecule has 0 aromatic rings. The van der Waals surface area contributed by atoms with Crippen LogP contribution in [0.4, 0.5) is 8.78 Å². The van der Waals surface area contributed by atoms with Crippen LogP contribution in [0.25, 0.3) is 0 Å². The molecule has 3 nitrogen and oxygen atoms in total. The molecule has 1 saturated carbocycles. The molecule has 2 unspecified atom stereocenters. The summed E-state index contributed by atoms with van der Waals surface area (Å²) in [4.78, 5) is 9.99. The third-order valence-corrected chi connectivity index (χ3v) is 1.51. The van der Waals surface area contributed by atoms with E-state index in [4.69, 9.17) is 5.11 Å². The minimum absolute atomic E-state index is 1.07. The van der Waals surface area contributed by atoms with Crippen LogP contribution in [-0.4, -0.2) is 30.2 Å². The molecule has 0 aromatic heterocycles. The number of ether oxygens (including phenoxy) is 1. The highest BCUT2D eigenvalue weighted by molar-refractivity contribution is 5.76. The zero-order chi connectivity index (χ0) is 7.94. The van der Waals surface area contributed by atoms with E-state index in [0.717, 1.165) is 7.11 Å². The number of hydrogen-bond acceptors (Lipinski definition) is 2. The average Bonchev–Trinajstić information content (AvgIpc) is 2.33. The van der Waals surface area contributed by atoms with Crippen LogP contribution in [0, 0.1) is 5.92 Å². The molecule has 0 spiro atoms. The molecule has 0 aromatic carbocycles. The van der Waals surface area contributed by atoms with Crippen molar-refractivity contribution in [2.24, 2.45) is 5.92 Å². The molecule has 0 radical (unpaired) electrons. The minimum atomic E-state index is -3.17. The van der Waals surface area contributed by atoms with Crippen LogP contribution in [0.3, 0.4) is 0 Å². The standard InChI is InChI=1S/C5H6F2O3/c1-10-3-2(4(8)9)5(3,6)7/h2-3H,1H3,(H,8,9). The van der Waals surface area contributed by atoms with Crippen molar-refractivity contribution < 1.29 is 23.4 Å². The molecule has 0 bridgehead atoms. The lowest BCUT2D eigenvalue weighted by Crippen LogP contribution is -2.04. The highest BCUT2D eigenvalue weighted by Crippen LogP contribution is 2.50. The SMILES string of the molecule is COC1C(C(=O)O)C1(F)F. The van der Waals surface area contributed by atoms with E-state index in [1.807, 2.05) is 0 Å². The first-order chi connectivity index (χ1) is 4.51. The molecule has 1 N–H and O–H groups in total. The van der Waals surface area contributed by atoms with E-state index in [-0.39, 0.29) is 0 Å². The van der Waals surface area contributed by atoms with E-state index in [9.17, 15) is 13.6 Å². The summed E-state index contributed by atoms with van der Waals surface area (Å²) < 4.78 is 28.6. The molecule has 0 aliphatic heterocycles. The number of rotatable bonds is 2. The number of methoxy groups -OCH3 is 1. The highest BCUT2D eigenvalue weighted by atomic mass is 19.3. The Hall–Kier alpha value is -0.710. The fourth-order valence-electron chi connectivity index (χ4n) is 0.886. The normalized spacial score (nSPS) is 35.5. The van der Waals surface area contributed by atoms with Crippen molar-refractivity contribution in [2.45, 2.75) is 12.0 Å². The lowest BCUT2D eigenvalue weighted by atomic mass is 10.4. The summed E-state index contributed by atoms with van der Waals surface area (Å²) in [5.41, 5.74) is 0. The fraction of sp³-hybridized carbons (Fsp3) is 0.800. The lowest BCUT2D eigenvalue weighted by Gasteiger charge is -1.88. The summed E-state index contributed by atoms with van der Waals surface area (Å²) in [5, 5.41) is 8.13. The monoisotopic (exact) mass is 152 g/mol. The van der Waals surface area contributed by atoms with Gasteiger partial charge in [0.05, 0.1) is 0 Å². The Morgan fingerprint density at radius 1 is 1.70 bits per heavy atom. The maximum atomic E-state index is 12.2. The maximum absolute atomic E-state index is 12.2. The number of carbonyl (C=O) groups is 1. The molecule has 58 valence electrons. The van der Waals surface area contributed by atoms with Gasteiger partial charge in [0.15, 0.2) is 5.92 Å². The summed E-state index contributed by atoms with van der Waals surface area (Å²) in [7, 11) is 1.07. The zero-order valence-electron chi connectivity index (χ0n) is 5.17. The molecule has 0 heterocycles. The number of halogens is 2. The van der Waals surface area contributed by atoms with E-state index in [0.29, 0.717) is 0 Å². The van der Waals surface area contributed by atoms with Gasteiger partial charge in [0.1, 0.15) is 6.10 Å². The largest absolute Gasteiger partial charge is 0.481 e. The van der Waals surface area contributed by atoms with Crippen LogP contribution in [-0.2, 0) is 9.53 Å². The number of aliphatic carboxylic acids is 1. The van der Waals surface area contributed by atoms with Gasteiger partial charge in [0.2, 0.25) is 0 Å². The molecular weight excluding hydrogens is 146 g/mol. The van der Waals surface area contributed by atoms with Crippen molar-refractivity contribution in [3.05, 3.63) is 0 Å². The van der Waals surface area contributed by atoms with Gasteiger partial charge in [-0.25, -0.2) is 8.78 Å². The van der Waals surface area contributed by atoms with Gasteiger partial charge >= 0.3 is 5.97 Å². The van der Waals surface area contributed by atoms with Gasteiger partial charge in [-0.05, 0) is 0 Å². The van der Waals surface area contributed by atoms with Crippen molar-refractivity contribution in [3.63, 3.8) is 0 Å². The van der Waals surface area contributed by atoms with Crippen LogP contribution in [0.15, 0.2) is 0 Å². The lowest BCUT2D eigenvalue weighted by molar-refractivity contribution is -0.141. The first kappa shape index (κ1) is 7.40. The van der Waals surface area contributed by atoms with Gasteiger partial charge < -0.3 is 9.84 Å². The smallest absolute Gasteiger partial charge is 0.315 e. The summed E-state index contributed by atoms with van der Waals surface area (Å²) in [6.45, 7) is 0. The van der Waals surface area contributed by atoms with Crippen LogP contribution in [0.2, 0.25) is 0 Å². The molecular formula is C5H6F2O3. The first-order valence-corrected chi connectivity index (χ1v) is 2.65. The number of carboxylic acid groups (broad SMARTS) is 1. The Kier molecular flexibility index (Phi) is 1.39. The minimum Gasteiger partial charge on any atom is -0.481 e. The van der Waals surface area contributed by atoms with E-state index in [2.05, 4.69) is 4.74 Å². The second kappa shape index (κ2) is 1.88. The fourth-order valence-corrected chi connectivity index (χ4v) is 0.886. The first-order valence-electron chi connectivity index (χ1n) is 2.65. The maximum Gasteiger partial charge on any atom is 0.315 e. The molecule has 0 amide bonds. The summed E-state index contributed by atoms with van der Waals surface area (Å²) in [6, 6.07) is 0. The number of carboxylic acids is 1. The molecule has 1 aliphatic carbocycles. The van der Waals surface area contributed by atoms with E-state index >= 15 is 0 Å². The van der Waals surface area contributed by atoms with Crippen molar-refractivity contribution in [1.29, 1.82) is 0 Å². The third-order valence-electron chi connectivity index (χ3n) is 1.51.